The van der Waals surface area contributed by atoms with Gasteiger partial charge in [0.25, 0.3) is 0 Å². The number of rotatable bonds is 6. The molecule has 4 N–H and O–H groups in total. The van der Waals surface area contributed by atoms with Gasteiger partial charge >= 0.3 is 12.0 Å². The summed E-state index contributed by atoms with van der Waals surface area (Å²) in [7, 11) is 1.54. The molecule has 7 heteroatoms. The van der Waals surface area contributed by atoms with Gasteiger partial charge in [0.1, 0.15) is 5.75 Å². The summed E-state index contributed by atoms with van der Waals surface area (Å²) in [5.41, 5.74) is 0.809. The first-order valence-corrected chi connectivity index (χ1v) is 6.02. The average Bonchev–Trinajstić information content (AvgIpc) is 2.42. The molecule has 110 valence electrons. The van der Waals surface area contributed by atoms with Gasteiger partial charge in [0.15, 0.2) is 6.04 Å². The van der Waals surface area contributed by atoms with E-state index in [-0.39, 0.29) is 6.54 Å². The highest BCUT2D eigenvalue weighted by Gasteiger charge is 2.24. The van der Waals surface area contributed by atoms with E-state index >= 15 is 0 Å². The first kappa shape index (κ1) is 15.8. The number of benzene rings is 1. The molecule has 1 aromatic rings. The van der Waals surface area contributed by atoms with Gasteiger partial charge in [0.2, 0.25) is 0 Å². The number of aliphatic carboxylic acids is 1. The zero-order valence-electron chi connectivity index (χ0n) is 11.3. The molecule has 20 heavy (non-hydrogen) atoms. The molecule has 0 spiro atoms. The van der Waals surface area contributed by atoms with Crippen molar-refractivity contribution in [3.63, 3.8) is 0 Å². The van der Waals surface area contributed by atoms with Crippen LogP contribution in [-0.4, -0.2) is 41.5 Å². The van der Waals surface area contributed by atoms with E-state index in [2.05, 4.69) is 10.6 Å². The van der Waals surface area contributed by atoms with Gasteiger partial charge in [-0.1, -0.05) is 12.1 Å². The average molecular weight is 282 g/mol. The predicted octanol–water partition coefficient (Wildman–Crippen LogP) is 0.328. The monoisotopic (exact) mass is 282 g/mol. The summed E-state index contributed by atoms with van der Waals surface area (Å²) in [6, 6.07) is 5.10. The third-order valence-electron chi connectivity index (χ3n) is 2.62. The van der Waals surface area contributed by atoms with Crippen LogP contribution in [0.1, 0.15) is 12.5 Å². The first-order chi connectivity index (χ1) is 9.43. The molecular weight excluding hydrogens is 264 g/mol. The number of aliphatic hydroxyl groups is 1. The van der Waals surface area contributed by atoms with Crippen molar-refractivity contribution in [1.29, 1.82) is 0 Å². The molecule has 0 aliphatic rings. The standard InChI is InChI=1S/C13H18N2O5/c1-8(16)11(12(17)18)15-13(19)14-7-9-4-3-5-10(6-9)20-2/h3-6,8,11,16H,7H2,1-2H3,(H,17,18)(H2,14,15,19)/t8-,11+/m1/s1. The summed E-state index contributed by atoms with van der Waals surface area (Å²) in [4.78, 5) is 22.4. The van der Waals surface area contributed by atoms with E-state index in [1.54, 1.807) is 31.4 Å². The number of amides is 2. The van der Waals surface area contributed by atoms with Crippen molar-refractivity contribution in [3.05, 3.63) is 29.8 Å². The number of carbonyl (C=O) groups is 2. The molecule has 2 amide bonds. The molecule has 0 radical (unpaired) electrons. The van der Waals surface area contributed by atoms with E-state index in [1.165, 1.54) is 6.92 Å². The Labute approximate surface area is 116 Å². The second-order valence-electron chi connectivity index (χ2n) is 4.24. The Hall–Kier alpha value is -2.28. The number of carbonyl (C=O) groups excluding carboxylic acids is 1. The van der Waals surface area contributed by atoms with Crippen LogP contribution in [0.5, 0.6) is 5.75 Å². The summed E-state index contributed by atoms with van der Waals surface area (Å²) < 4.78 is 5.05. The molecule has 1 aromatic carbocycles. The fraction of sp³-hybridized carbons (Fsp3) is 0.385. The minimum absolute atomic E-state index is 0.217. The first-order valence-electron chi connectivity index (χ1n) is 6.02. The Kier molecular flexibility index (Phi) is 5.79. The molecule has 0 saturated heterocycles. The van der Waals surface area contributed by atoms with Crippen LogP contribution in [0.2, 0.25) is 0 Å². The molecule has 2 atom stereocenters. The molecule has 0 aliphatic carbocycles. The normalized spacial score (nSPS) is 13.2. The molecule has 1 rings (SSSR count). The van der Waals surface area contributed by atoms with Crippen molar-refractivity contribution >= 4 is 12.0 Å². The molecule has 0 aromatic heterocycles. The van der Waals surface area contributed by atoms with Crippen LogP contribution in [0.3, 0.4) is 0 Å². The van der Waals surface area contributed by atoms with Crippen LogP contribution in [0.25, 0.3) is 0 Å². The number of methoxy groups -OCH3 is 1. The number of nitrogens with one attached hydrogen (secondary N) is 2. The Bertz CT molecular complexity index is 476. The molecule has 0 fully saturated rings. The van der Waals surface area contributed by atoms with E-state index in [4.69, 9.17) is 9.84 Å². The number of hydrogen-bond donors (Lipinski definition) is 4. The third kappa shape index (κ3) is 4.77. The lowest BCUT2D eigenvalue weighted by Gasteiger charge is -2.17. The van der Waals surface area contributed by atoms with Gasteiger partial charge < -0.3 is 25.6 Å². The lowest BCUT2D eigenvalue weighted by atomic mass is 10.2. The smallest absolute Gasteiger partial charge is 0.328 e. The van der Waals surface area contributed by atoms with E-state index in [9.17, 15) is 14.7 Å². The molecule has 0 heterocycles. The number of carboxylic acids is 1. The van der Waals surface area contributed by atoms with Crippen molar-refractivity contribution < 1.29 is 24.5 Å². The molecule has 0 bridgehead atoms. The van der Waals surface area contributed by atoms with Crippen molar-refractivity contribution in [2.75, 3.05) is 7.11 Å². The van der Waals surface area contributed by atoms with Gasteiger partial charge in [-0.15, -0.1) is 0 Å². The lowest BCUT2D eigenvalue weighted by molar-refractivity contribution is -0.141. The highest BCUT2D eigenvalue weighted by molar-refractivity contribution is 5.82. The maximum atomic E-state index is 11.6. The van der Waals surface area contributed by atoms with Crippen molar-refractivity contribution in [2.24, 2.45) is 0 Å². The Morgan fingerprint density at radius 1 is 1.40 bits per heavy atom. The molecular formula is C13H18N2O5. The number of ether oxygens (including phenoxy) is 1. The fourth-order valence-corrected chi connectivity index (χ4v) is 1.55. The Morgan fingerprint density at radius 2 is 2.10 bits per heavy atom. The Morgan fingerprint density at radius 3 is 2.65 bits per heavy atom. The van der Waals surface area contributed by atoms with Gasteiger partial charge in [0.05, 0.1) is 13.2 Å². The molecule has 0 unspecified atom stereocenters. The maximum Gasteiger partial charge on any atom is 0.328 e. The lowest BCUT2D eigenvalue weighted by Crippen LogP contribution is -2.50. The van der Waals surface area contributed by atoms with Crippen molar-refractivity contribution in [2.45, 2.75) is 25.6 Å². The topological polar surface area (TPSA) is 108 Å². The number of urea groups is 1. The summed E-state index contributed by atoms with van der Waals surface area (Å²) >= 11 is 0. The van der Waals surface area contributed by atoms with Crippen molar-refractivity contribution in [3.8, 4) is 5.75 Å². The van der Waals surface area contributed by atoms with Gasteiger partial charge in [-0.2, -0.15) is 0 Å². The summed E-state index contributed by atoms with van der Waals surface area (Å²) in [6.07, 6.45) is -1.19. The van der Waals surface area contributed by atoms with Crippen LogP contribution in [0.15, 0.2) is 24.3 Å². The zero-order chi connectivity index (χ0) is 15.1. The maximum absolute atomic E-state index is 11.6. The molecule has 0 saturated carbocycles. The van der Waals surface area contributed by atoms with E-state index in [1.807, 2.05) is 0 Å². The zero-order valence-corrected chi connectivity index (χ0v) is 11.3. The highest BCUT2D eigenvalue weighted by Crippen LogP contribution is 2.12. The highest BCUT2D eigenvalue weighted by atomic mass is 16.5. The van der Waals surface area contributed by atoms with Crippen LogP contribution in [-0.2, 0) is 11.3 Å². The quantitative estimate of drug-likeness (QED) is 0.601. The van der Waals surface area contributed by atoms with Gasteiger partial charge in [-0.05, 0) is 24.6 Å². The Balaban J connectivity index is 2.52. The fourth-order valence-electron chi connectivity index (χ4n) is 1.55. The predicted molar refractivity (Wildman–Crippen MR) is 71.5 cm³/mol. The van der Waals surface area contributed by atoms with E-state index in [0.29, 0.717) is 5.75 Å². The van der Waals surface area contributed by atoms with Crippen LogP contribution < -0.4 is 15.4 Å². The third-order valence-corrected chi connectivity index (χ3v) is 2.62. The van der Waals surface area contributed by atoms with Gasteiger partial charge in [0, 0.05) is 6.54 Å². The minimum Gasteiger partial charge on any atom is -0.497 e. The number of aliphatic hydroxyl groups excluding tert-OH is 1. The minimum atomic E-state index is -1.35. The van der Waals surface area contributed by atoms with Crippen LogP contribution in [0.4, 0.5) is 4.79 Å². The van der Waals surface area contributed by atoms with E-state index in [0.717, 1.165) is 5.56 Å². The van der Waals surface area contributed by atoms with Gasteiger partial charge in [-0.3, -0.25) is 0 Å². The number of carboxylic acid groups (broad SMARTS) is 1. The summed E-state index contributed by atoms with van der Waals surface area (Å²) in [5, 5.41) is 22.8. The second-order valence-corrected chi connectivity index (χ2v) is 4.24. The largest absolute Gasteiger partial charge is 0.497 e. The molecule has 7 nitrogen and oxygen atoms in total. The number of hydrogen-bond acceptors (Lipinski definition) is 4. The summed E-state index contributed by atoms with van der Waals surface area (Å²) in [5.74, 6) is -0.631. The van der Waals surface area contributed by atoms with Crippen molar-refractivity contribution in [1.82, 2.24) is 10.6 Å². The molecule has 0 aliphatic heterocycles. The van der Waals surface area contributed by atoms with E-state index < -0.39 is 24.1 Å². The second kappa shape index (κ2) is 7.34. The van der Waals surface area contributed by atoms with Gasteiger partial charge in [-0.25, -0.2) is 9.59 Å². The van der Waals surface area contributed by atoms with Crippen LogP contribution in [0, 0.1) is 0 Å². The summed E-state index contributed by atoms with van der Waals surface area (Å²) in [6.45, 7) is 1.51. The van der Waals surface area contributed by atoms with Crippen LogP contribution >= 0.6 is 0 Å². The SMILES string of the molecule is COc1cccc(CNC(=O)N[C@H](C(=O)O)[C@@H](C)O)c1.